The van der Waals surface area contributed by atoms with E-state index in [1.165, 1.54) is 0 Å². The normalized spacial score (nSPS) is 14.8. The summed E-state index contributed by atoms with van der Waals surface area (Å²) in [6.45, 7) is 2.21. The third kappa shape index (κ3) is 4.86. The van der Waals surface area contributed by atoms with Crippen LogP contribution in [-0.2, 0) is 11.3 Å². The summed E-state index contributed by atoms with van der Waals surface area (Å²) < 4.78 is 12.2. The Morgan fingerprint density at radius 1 is 1.09 bits per heavy atom. The van der Waals surface area contributed by atoms with Gasteiger partial charge in [0.2, 0.25) is 0 Å². The summed E-state index contributed by atoms with van der Waals surface area (Å²) in [4.78, 5) is 0. The van der Waals surface area contributed by atoms with Gasteiger partial charge in [-0.25, -0.2) is 0 Å². The zero-order valence-corrected chi connectivity index (χ0v) is 14.5. The van der Waals surface area contributed by atoms with E-state index < -0.39 is 0 Å². The van der Waals surface area contributed by atoms with Crippen LogP contribution in [0.25, 0.3) is 0 Å². The fourth-order valence-corrected chi connectivity index (χ4v) is 2.80. The van der Waals surface area contributed by atoms with Crippen LogP contribution in [-0.4, -0.2) is 13.2 Å². The van der Waals surface area contributed by atoms with Crippen molar-refractivity contribution in [3.63, 3.8) is 0 Å². The summed E-state index contributed by atoms with van der Waals surface area (Å²) in [5.74, 6) is 7.93. The second-order valence-electron chi connectivity index (χ2n) is 5.57. The van der Waals surface area contributed by atoms with Crippen LogP contribution in [0.3, 0.4) is 0 Å². The second kappa shape index (κ2) is 8.19. The van der Waals surface area contributed by atoms with E-state index in [1.54, 1.807) is 0 Å². The van der Waals surface area contributed by atoms with Gasteiger partial charge in [-0.2, -0.15) is 0 Å². The Balaban J connectivity index is 1.67. The van der Waals surface area contributed by atoms with E-state index in [9.17, 15) is 0 Å². The van der Waals surface area contributed by atoms with Crippen LogP contribution < -0.4 is 4.74 Å². The predicted octanol–water partition coefficient (Wildman–Crippen LogP) is 4.81. The fourth-order valence-electron chi connectivity index (χ4n) is 2.45. The monoisotopic (exact) mass is 370 g/mol. The molecular weight excluding hydrogens is 352 g/mol. The first-order valence-corrected chi connectivity index (χ1v) is 8.66. The van der Waals surface area contributed by atoms with E-state index in [-0.39, 0.29) is 0 Å². The van der Waals surface area contributed by atoms with Crippen molar-refractivity contribution >= 4 is 15.9 Å². The first-order chi connectivity index (χ1) is 11.3. The van der Waals surface area contributed by atoms with Crippen molar-refractivity contribution in [3.05, 3.63) is 64.1 Å². The Morgan fingerprint density at radius 2 is 1.87 bits per heavy atom. The lowest BCUT2D eigenvalue weighted by Gasteiger charge is -2.16. The smallest absolute Gasteiger partial charge is 0.121 e. The van der Waals surface area contributed by atoms with Gasteiger partial charge >= 0.3 is 0 Å². The highest BCUT2D eigenvalue weighted by Crippen LogP contribution is 2.23. The summed E-state index contributed by atoms with van der Waals surface area (Å²) in [6, 6.07) is 16.1. The van der Waals surface area contributed by atoms with Crippen molar-refractivity contribution in [2.75, 3.05) is 13.2 Å². The van der Waals surface area contributed by atoms with E-state index in [2.05, 4.69) is 39.9 Å². The Hall–Kier alpha value is -1.76. The minimum atomic E-state index is 0.435. The average Bonchev–Trinajstić information content (AvgIpc) is 2.62. The number of hydrogen-bond donors (Lipinski definition) is 0. The molecule has 1 fully saturated rings. The van der Waals surface area contributed by atoms with E-state index in [1.807, 2.05) is 36.4 Å². The molecule has 0 saturated carbocycles. The molecule has 1 heterocycles. The maximum absolute atomic E-state index is 5.87. The molecule has 2 aromatic rings. The molecule has 0 aliphatic carbocycles. The summed E-state index contributed by atoms with van der Waals surface area (Å²) in [6.07, 6.45) is 2.05. The van der Waals surface area contributed by atoms with Gasteiger partial charge in [0, 0.05) is 29.2 Å². The van der Waals surface area contributed by atoms with E-state index in [0.717, 1.165) is 47.4 Å². The van der Waals surface area contributed by atoms with Crippen molar-refractivity contribution in [1.82, 2.24) is 0 Å². The number of benzene rings is 2. The summed E-state index contributed by atoms with van der Waals surface area (Å²) in [7, 11) is 0. The maximum Gasteiger partial charge on any atom is 0.121 e. The van der Waals surface area contributed by atoms with Crippen LogP contribution in [0.5, 0.6) is 5.75 Å². The van der Waals surface area contributed by atoms with Gasteiger partial charge in [-0.15, -0.1) is 0 Å². The quantitative estimate of drug-likeness (QED) is 0.722. The van der Waals surface area contributed by atoms with Gasteiger partial charge in [-0.05, 0) is 52.5 Å². The molecule has 0 bridgehead atoms. The Labute approximate surface area is 145 Å². The maximum atomic E-state index is 5.87. The van der Waals surface area contributed by atoms with Gasteiger partial charge < -0.3 is 9.47 Å². The first-order valence-electron chi connectivity index (χ1n) is 7.87. The van der Waals surface area contributed by atoms with Crippen LogP contribution in [0, 0.1) is 17.8 Å². The van der Waals surface area contributed by atoms with Crippen molar-refractivity contribution in [3.8, 4) is 17.6 Å². The number of hydrogen-bond acceptors (Lipinski definition) is 2. The Bertz CT molecular complexity index is 695. The molecule has 3 heteroatoms. The summed E-state index contributed by atoms with van der Waals surface area (Å²) in [5, 5.41) is 0. The Kier molecular flexibility index (Phi) is 5.74. The molecule has 3 rings (SSSR count). The van der Waals surface area contributed by atoms with Gasteiger partial charge in [0.15, 0.2) is 0 Å². The van der Waals surface area contributed by atoms with Gasteiger partial charge in [-0.1, -0.05) is 42.2 Å². The lowest BCUT2D eigenvalue weighted by Crippen LogP contribution is -2.13. The molecule has 0 spiro atoms. The lowest BCUT2D eigenvalue weighted by molar-refractivity contribution is 0.0807. The molecule has 23 heavy (non-hydrogen) atoms. The molecule has 0 amide bonds. The minimum absolute atomic E-state index is 0.435. The van der Waals surface area contributed by atoms with Crippen molar-refractivity contribution in [2.45, 2.75) is 19.4 Å². The van der Waals surface area contributed by atoms with Gasteiger partial charge in [0.25, 0.3) is 0 Å². The molecular formula is C20H19BrO2. The van der Waals surface area contributed by atoms with Crippen LogP contribution in [0.15, 0.2) is 53.0 Å². The highest BCUT2D eigenvalue weighted by atomic mass is 79.9. The van der Waals surface area contributed by atoms with Crippen molar-refractivity contribution < 1.29 is 9.47 Å². The highest BCUT2D eigenvalue weighted by Gasteiger charge is 2.10. The number of rotatable bonds is 3. The second-order valence-corrected chi connectivity index (χ2v) is 6.43. The minimum Gasteiger partial charge on any atom is -0.489 e. The third-order valence-corrected chi connectivity index (χ3v) is 4.51. The predicted molar refractivity (Wildman–Crippen MR) is 95.3 cm³/mol. The topological polar surface area (TPSA) is 18.5 Å². The molecule has 1 saturated heterocycles. The third-order valence-electron chi connectivity index (χ3n) is 3.82. The highest BCUT2D eigenvalue weighted by molar-refractivity contribution is 9.10. The molecule has 1 aliphatic rings. The standard InChI is InChI=1S/C20H19BrO2/c21-20-9-8-19(23-15-17-4-2-1-3-5-17)14-18(20)7-6-16-10-12-22-13-11-16/h1-5,8-9,14,16H,10-13,15H2. The zero-order valence-electron chi connectivity index (χ0n) is 12.9. The van der Waals surface area contributed by atoms with Crippen LogP contribution in [0.1, 0.15) is 24.0 Å². The van der Waals surface area contributed by atoms with Crippen LogP contribution >= 0.6 is 15.9 Å². The van der Waals surface area contributed by atoms with Gasteiger partial charge in [0.05, 0.1) is 0 Å². The molecule has 1 aliphatic heterocycles. The molecule has 0 radical (unpaired) electrons. The lowest BCUT2D eigenvalue weighted by atomic mass is 10.0. The van der Waals surface area contributed by atoms with E-state index in [4.69, 9.17) is 9.47 Å². The zero-order chi connectivity index (χ0) is 15.9. The fraction of sp³-hybridized carbons (Fsp3) is 0.300. The summed E-state index contributed by atoms with van der Waals surface area (Å²) >= 11 is 3.57. The first kappa shape index (κ1) is 16.1. The van der Waals surface area contributed by atoms with E-state index in [0.29, 0.717) is 12.5 Å². The number of halogens is 1. The summed E-state index contributed by atoms with van der Waals surface area (Å²) in [5.41, 5.74) is 2.13. The van der Waals surface area contributed by atoms with Gasteiger partial charge in [0.1, 0.15) is 12.4 Å². The largest absolute Gasteiger partial charge is 0.489 e. The van der Waals surface area contributed by atoms with Crippen molar-refractivity contribution in [1.29, 1.82) is 0 Å². The molecule has 118 valence electrons. The Morgan fingerprint density at radius 3 is 2.65 bits per heavy atom. The molecule has 0 aromatic heterocycles. The molecule has 2 aromatic carbocycles. The SMILES string of the molecule is Brc1ccc(OCc2ccccc2)cc1C#CC1CCOCC1. The number of ether oxygens (including phenoxy) is 2. The molecule has 2 nitrogen and oxygen atoms in total. The van der Waals surface area contributed by atoms with E-state index >= 15 is 0 Å². The van der Waals surface area contributed by atoms with Gasteiger partial charge in [-0.3, -0.25) is 0 Å². The van der Waals surface area contributed by atoms with Crippen molar-refractivity contribution in [2.24, 2.45) is 5.92 Å². The molecule has 0 N–H and O–H groups in total. The molecule has 0 atom stereocenters. The average molecular weight is 371 g/mol. The van der Waals surface area contributed by atoms with Crippen LogP contribution in [0.2, 0.25) is 0 Å². The van der Waals surface area contributed by atoms with Crippen LogP contribution in [0.4, 0.5) is 0 Å². The molecule has 0 unspecified atom stereocenters.